The Kier molecular flexibility index (Phi) is 5.26. The molecule has 2 aliphatic rings. The lowest BCUT2D eigenvalue weighted by molar-refractivity contribution is -0.384. The summed E-state index contributed by atoms with van der Waals surface area (Å²) in [5.41, 5.74) is 0.401. The van der Waals surface area contributed by atoms with Gasteiger partial charge in [-0.2, -0.15) is 0 Å². The van der Waals surface area contributed by atoms with Gasteiger partial charge in [-0.15, -0.1) is 0 Å². The van der Waals surface area contributed by atoms with Gasteiger partial charge in [0.15, 0.2) is 11.6 Å². The summed E-state index contributed by atoms with van der Waals surface area (Å²) in [6.07, 6.45) is 1.67. The first kappa shape index (κ1) is 20.6. The Balaban J connectivity index is 1.80. The number of amides is 2. The van der Waals surface area contributed by atoms with Crippen molar-refractivity contribution in [1.82, 2.24) is 4.90 Å². The average molecular weight is 427 g/mol. The molecule has 31 heavy (non-hydrogen) atoms. The standard InChI is InChI=1S/C22H19F2N3O4/c1-13-8-10-25(11-9-13)20-19(14-2-4-15(5-3-14)27(30)31)21(28)26(22(20)29)16-6-7-17(23)18(24)12-16/h2-7,12-13H,8-11H2,1H3. The lowest BCUT2D eigenvalue weighted by Crippen LogP contribution is -2.38. The van der Waals surface area contributed by atoms with Gasteiger partial charge in [0.2, 0.25) is 0 Å². The lowest BCUT2D eigenvalue weighted by atomic mass is 9.97. The first-order valence-corrected chi connectivity index (χ1v) is 9.86. The Morgan fingerprint density at radius 2 is 1.61 bits per heavy atom. The fourth-order valence-electron chi connectivity index (χ4n) is 3.91. The van der Waals surface area contributed by atoms with Gasteiger partial charge in [0.05, 0.1) is 16.2 Å². The van der Waals surface area contributed by atoms with Gasteiger partial charge in [-0.05, 0) is 48.6 Å². The Morgan fingerprint density at radius 1 is 0.968 bits per heavy atom. The maximum atomic E-state index is 13.8. The van der Waals surface area contributed by atoms with Gasteiger partial charge in [0.25, 0.3) is 17.5 Å². The van der Waals surface area contributed by atoms with E-state index in [4.69, 9.17) is 0 Å². The second-order valence-electron chi connectivity index (χ2n) is 7.74. The number of hydrogen-bond acceptors (Lipinski definition) is 5. The number of nitrogens with zero attached hydrogens (tertiary/aromatic N) is 3. The molecule has 0 radical (unpaired) electrons. The molecule has 0 aromatic heterocycles. The van der Waals surface area contributed by atoms with Crippen molar-refractivity contribution in [2.75, 3.05) is 18.0 Å². The smallest absolute Gasteiger partial charge is 0.282 e. The Bertz CT molecular complexity index is 1110. The Morgan fingerprint density at radius 3 is 2.19 bits per heavy atom. The quantitative estimate of drug-likeness (QED) is 0.420. The molecule has 2 amide bonds. The summed E-state index contributed by atoms with van der Waals surface area (Å²) in [6, 6.07) is 8.19. The minimum absolute atomic E-state index is 0.0753. The molecular weight excluding hydrogens is 408 g/mol. The highest BCUT2D eigenvalue weighted by Crippen LogP contribution is 2.37. The van der Waals surface area contributed by atoms with Crippen molar-refractivity contribution in [2.24, 2.45) is 5.92 Å². The number of halogens is 2. The molecular formula is C22H19F2N3O4. The van der Waals surface area contributed by atoms with Gasteiger partial charge in [-0.3, -0.25) is 19.7 Å². The lowest BCUT2D eigenvalue weighted by Gasteiger charge is -2.32. The van der Waals surface area contributed by atoms with Crippen LogP contribution in [0.25, 0.3) is 5.57 Å². The van der Waals surface area contributed by atoms with Crippen molar-refractivity contribution in [1.29, 1.82) is 0 Å². The van der Waals surface area contributed by atoms with Crippen molar-refractivity contribution >= 4 is 28.8 Å². The van der Waals surface area contributed by atoms with Crippen LogP contribution in [-0.4, -0.2) is 34.7 Å². The second kappa shape index (κ2) is 7.90. The van der Waals surface area contributed by atoms with Gasteiger partial charge in [-0.1, -0.05) is 6.92 Å². The summed E-state index contributed by atoms with van der Waals surface area (Å²) in [5.74, 6) is -3.08. The molecule has 0 aliphatic carbocycles. The minimum atomic E-state index is -1.17. The van der Waals surface area contributed by atoms with Crippen LogP contribution in [0.1, 0.15) is 25.3 Å². The van der Waals surface area contributed by atoms with Crippen LogP contribution in [0.3, 0.4) is 0 Å². The number of nitro benzene ring substituents is 1. The normalized spacial score (nSPS) is 17.6. The van der Waals surface area contributed by atoms with Gasteiger partial charge in [0.1, 0.15) is 5.70 Å². The van der Waals surface area contributed by atoms with Crippen molar-refractivity contribution in [3.05, 3.63) is 75.5 Å². The number of imide groups is 1. The molecule has 0 N–H and O–H groups in total. The van der Waals surface area contributed by atoms with Crippen LogP contribution in [0.2, 0.25) is 0 Å². The first-order chi connectivity index (χ1) is 14.8. The van der Waals surface area contributed by atoms with E-state index in [1.807, 2.05) is 4.90 Å². The van der Waals surface area contributed by atoms with Crippen LogP contribution in [0.4, 0.5) is 20.2 Å². The number of nitro groups is 1. The Labute approximate surface area is 176 Å². The van der Waals surface area contributed by atoms with Gasteiger partial charge >= 0.3 is 0 Å². The second-order valence-corrected chi connectivity index (χ2v) is 7.74. The zero-order valence-electron chi connectivity index (χ0n) is 16.7. The highest BCUT2D eigenvalue weighted by Gasteiger charge is 2.43. The van der Waals surface area contributed by atoms with Crippen LogP contribution in [0.15, 0.2) is 48.2 Å². The topological polar surface area (TPSA) is 83.8 Å². The number of anilines is 1. The third-order valence-corrected chi connectivity index (χ3v) is 5.69. The molecule has 1 fully saturated rings. The highest BCUT2D eigenvalue weighted by atomic mass is 19.2. The summed E-state index contributed by atoms with van der Waals surface area (Å²) in [5, 5.41) is 11.0. The molecule has 7 nitrogen and oxygen atoms in total. The zero-order chi connectivity index (χ0) is 22.3. The molecule has 2 heterocycles. The SMILES string of the molecule is CC1CCN(C2=C(c3ccc([N+](=O)[O-])cc3)C(=O)N(c3ccc(F)c(F)c3)C2=O)CC1. The van der Waals surface area contributed by atoms with E-state index in [0.29, 0.717) is 24.6 Å². The number of rotatable bonds is 4. The number of likely N-dealkylation sites (tertiary alicyclic amines) is 1. The molecule has 0 spiro atoms. The van der Waals surface area contributed by atoms with E-state index in [1.165, 1.54) is 30.3 Å². The van der Waals surface area contributed by atoms with Crippen LogP contribution in [-0.2, 0) is 9.59 Å². The van der Waals surface area contributed by atoms with E-state index >= 15 is 0 Å². The monoisotopic (exact) mass is 427 g/mol. The Hall–Kier alpha value is -3.62. The van der Waals surface area contributed by atoms with E-state index in [-0.39, 0.29) is 22.6 Å². The fraction of sp³-hybridized carbons (Fsp3) is 0.273. The molecule has 0 unspecified atom stereocenters. The van der Waals surface area contributed by atoms with E-state index in [0.717, 1.165) is 29.9 Å². The summed E-state index contributed by atoms with van der Waals surface area (Å²) in [6.45, 7) is 3.24. The largest absolute Gasteiger partial charge is 0.366 e. The number of piperidine rings is 1. The van der Waals surface area contributed by atoms with Crippen LogP contribution in [0, 0.1) is 27.7 Å². The van der Waals surface area contributed by atoms with Crippen molar-refractivity contribution in [2.45, 2.75) is 19.8 Å². The number of carbonyl (C=O) groups excluding carboxylic acids is 2. The summed E-state index contributed by atoms with van der Waals surface area (Å²) in [7, 11) is 0. The van der Waals surface area contributed by atoms with E-state index < -0.39 is 28.4 Å². The van der Waals surface area contributed by atoms with Crippen molar-refractivity contribution < 1.29 is 23.3 Å². The molecule has 2 aliphatic heterocycles. The number of non-ortho nitro benzene ring substituents is 1. The first-order valence-electron chi connectivity index (χ1n) is 9.86. The predicted octanol–water partition coefficient (Wildman–Crippen LogP) is 3.89. The molecule has 1 saturated heterocycles. The molecule has 4 rings (SSSR count). The average Bonchev–Trinajstić information content (AvgIpc) is 3.01. The van der Waals surface area contributed by atoms with Crippen LogP contribution < -0.4 is 4.90 Å². The molecule has 9 heteroatoms. The third kappa shape index (κ3) is 3.67. The number of carbonyl (C=O) groups is 2. The predicted molar refractivity (Wildman–Crippen MR) is 109 cm³/mol. The summed E-state index contributed by atoms with van der Waals surface area (Å²) in [4.78, 5) is 39.7. The van der Waals surface area contributed by atoms with E-state index in [2.05, 4.69) is 6.92 Å². The summed E-state index contributed by atoms with van der Waals surface area (Å²) >= 11 is 0. The minimum Gasteiger partial charge on any atom is -0.366 e. The van der Waals surface area contributed by atoms with Crippen molar-refractivity contribution in [3.8, 4) is 0 Å². The summed E-state index contributed by atoms with van der Waals surface area (Å²) < 4.78 is 27.2. The van der Waals surface area contributed by atoms with Crippen molar-refractivity contribution in [3.63, 3.8) is 0 Å². The van der Waals surface area contributed by atoms with Crippen LogP contribution in [0.5, 0.6) is 0 Å². The molecule has 0 atom stereocenters. The van der Waals surface area contributed by atoms with Crippen LogP contribution >= 0.6 is 0 Å². The maximum absolute atomic E-state index is 13.8. The van der Waals surface area contributed by atoms with E-state index in [1.54, 1.807) is 0 Å². The molecule has 2 aromatic carbocycles. The molecule has 2 aromatic rings. The molecule has 0 bridgehead atoms. The zero-order valence-corrected chi connectivity index (χ0v) is 16.7. The molecule has 0 saturated carbocycles. The van der Waals surface area contributed by atoms with E-state index in [9.17, 15) is 28.5 Å². The van der Waals surface area contributed by atoms with Gasteiger partial charge < -0.3 is 4.90 Å². The van der Waals surface area contributed by atoms with Gasteiger partial charge in [0, 0.05) is 31.3 Å². The van der Waals surface area contributed by atoms with Gasteiger partial charge in [-0.25, -0.2) is 13.7 Å². The number of hydrogen-bond donors (Lipinski definition) is 0. The highest BCUT2D eigenvalue weighted by molar-refractivity contribution is 6.45. The number of benzene rings is 2. The maximum Gasteiger partial charge on any atom is 0.282 e. The molecule has 160 valence electrons. The fourth-order valence-corrected chi connectivity index (χ4v) is 3.91. The third-order valence-electron chi connectivity index (χ3n) is 5.69.